The van der Waals surface area contributed by atoms with Crippen LogP contribution in [-0.4, -0.2) is 76.5 Å². The molecule has 3 aliphatic rings. The van der Waals surface area contributed by atoms with E-state index >= 15 is 0 Å². The molecule has 2 fully saturated rings. The number of aliphatic hydroxyl groups is 1. The van der Waals surface area contributed by atoms with Crippen LogP contribution in [0.2, 0.25) is 0 Å². The molecule has 0 saturated carbocycles. The number of phenolic OH excluding ortho intramolecular Hbond substituents is 2. The van der Waals surface area contributed by atoms with E-state index in [2.05, 4.69) is 17.2 Å². The van der Waals surface area contributed by atoms with E-state index in [1.54, 1.807) is 42.6 Å². The summed E-state index contributed by atoms with van der Waals surface area (Å²) in [5.41, 5.74) is 7.83. The van der Waals surface area contributed by atoms with Gasteiger partial charge in [0.05, 0.1) is 38.4 Å². The fourth-order valence-electron chi connectivity index (χ4n) is 8.16. The van der Waals surface area contributed by atoms with Crippen molar-refractivity contribution in [3.63, 3.8) is 0 Å². The van der Waals surface area contributed by atoms with Gasteiger partial charge in [0, 0.05) is 36.0 Å². The van der Waals surface area contributed by atoms with E-state index in [0.29, 0.717) is 49.2 Å². The first-order valence-electron chi connectivity index (χ1n) is 17.1. The summed E-state index contributed by atoms with van der Waals surface area (Å²) in [7, 11) is 2.97. The van der Waals surface area contributed by atoms with Gasteiger partial charge in [0.25, 0.3) is 0 Å². The lowest BCUT2D eigenvalue weighted by Gasteiger charge is -2.50. The van der Waals surface area contributed by atoms with Crippen molar-refractivity contribution in [2.75, 3.05) is 26.6 Å². The van der Waals surface area contributed by atoms with E-state index in [1.165, 1.54) is 14.2 Å². The van der Waals surface area contributed by atoms with Crippen molar-refractivity contribution in [3.05, 3.63) is 77.5 Å². The maximum atomic E-state index is 12.7. The largest absolute Gasteiger partial charge is 0.504 e. The first-order valence-corrected chi connectivity index (χ1v) is 17.1. The number of nitrogen functional groups attached to an aromatic ring is 1. The van der Waals surface area contributed by atoms with Crippen LogP contribution in [-0.2, 0) is 16.0 Å². The average molecular weight is 690 g/mol. The minimum Gasteiger partial charge on any atom is -0.504 e. The van der Waals surface area contributed by atoms with Crippen molar-refractivity contribution in [2.45, 2.75) is 81.8 Å². The average Bonchev–Trinajstić information content (AvgIpc) is 3.48. The number of piperidine rings is 1. The number of aromatic hydroxyl groups is 2. The number of nitrogens with two attached hydrogens (primary N) is 1. The maximum Gasteiger partial charge on any atom is 0.311 e. The van der Waals surface area contributed by atoms with Crippen LogP contribution >= 0.6 is 0 Å². The van der Waals surface area contributed by atoms with Crippen molar-refractivity contribution >= 4 is 11.8 Å². The van der Waals surface area contributed by atoms with Crippen LogP contribution in [0.4, 0.5) is 5.82 Å². The third-order valence-electron chi connectivity index (χ3n) is 10.7. The third kappa shape index (κ3) is 7.05. The van der Waals surface area contributed by atoms with Crippen LogP contribution in [0.15, 0.2) is 60.8 Å². The molecule has 0 amide bonds. The number of benzene rings is 2. The number of hydrogen-bond donors (Lipinski definition) is 6. The molecular weight excluding hydrogens is 642 g/mol. The fourth-order valence-corrected chi connectivity index (χ4v) is 8.16. The topological polar surface area (TPSA) is 186 Å². The van der Waals surface area contributed by atoms with Crippen LogP contribution in [0.1, 0.15) is 67.7 Å². The van der Waals surface area contributed by atoms with Crippen molar-refractivity contribution in [1.82, 2.24) is 10.3 Å². The van der Waals surface area contributed by atoms with Gasteiger partial charge < -0.3 is 50.4 Å². The van der Waals surface area contributed by atoms with E-state index in [9.17, 15) is 25.2 Å². The Morgan fingerprint density at radius 2 is 1.82 bits per heavy atom. The molecular formula is C38H47N3O9. The molecule has 12 nitrogen and oxygen atoms in total. The molecule has 0 radical (unpaired) electrons. The number of ether oxygens (including phenoxy) is 4. The van der Waals surface area contributed by atoms with Crippen LogP contribution in [0.5, 0.6) is 28.7 Å². The minimum absolute atomic E-state index is 0.0693. The lowest BCUT2D eigenvalue weighted by atomic mass is 9.59. The standard InChI is InChI=1S/C38H47N3O9/c1-21-10-12-38(27(7-8-28(38)37(45)46)23-11-13-40-35(39)17-23)34(41-21)20-49-33-16-24(15-32(48-3)36(33)44)30-19-25(42)18-26(50-30)6-4-22-5-9-29(43)31(14-22)47-2/h5,7-9,11,13-17,21,25-28,30,34,41-44H,4,6,10,12,18-20H2,1-3H3,(H2,39,40)(H,45,46). The Morgan fingerprint density at radius 1 is 1.04 bits per heavy atom. The zero-order valence-electron chi connectivity index (χ0n) is 28.6. The molecule has 8 unspecified atom stereocenters. The number of carbonyl (C=O) groups is 1. The number of methoxy groups -OCH3 is 2. The number of phenols is 2. The molecule has 50 heavy (non-hydrogen) atoms. The Morgan fingerprint density at radius 3 is 2.56 bits per heavy atom. The molecule has 6 rings (SSSR count). The normalized spacial score (nSPS) is 29.2. The molecule has 2 aliphatic heterocycles. The van der Waals surface area contributed by atoms with Crippen LogP contribution in [0.25, 0.3) is 0 Å². The smallest absolute Gasteiger partial charge is 0.311 e. The number of carboxylic acid groups (broad SMARTS) is 1. The number of aromatic nitrogens is 1. The van der Waals surface area contributed by atoms with Gasteiger partial charge in [-0.1, -0.05) is 18.2 Å². The number of anilines is 1. The van der Waals surface area contributed by atoms with Gasteiger partial charge in [0.2, 0.25) is 5.75 Å². The number of carboxylic acids is 1. The molecule has 3 heterocycles. The highest BCUT2D eigenvalue weighted by Crippen LogP contribution is 2.56. The number of pyridine rings is 1. The first-order chi connectivity index (χ1) is 24.0. The van der Waals surface area contributed by atoms with E-state index in [1.807, 2.05) is 18.2 Å². The molecule has 2 aromatic carbocycles. The summed E-state index contributed by atoms with van der Waals surface area (Å²) in [5.74, 6) is -0.913. The molecule has 1 aromatic heterocycles. The summed E-state index contributed by atoms with van der Waals surface area (Å²) in [6.45, 7) is 2.14. The molecule has 268 valence electrons. The SMILES string of the molecule is COc1cc(CCC2CC(O)CC(c3cc(OC)c(O)c(OCC4NC(C)CCC45C(C(=O)O)C=CC5c4ccnc(N)c4)c3)O2)ccc1O. The van der Waals surface area contributed by atoms with Crippen molar-refractivity contribution in [3.8, 4) is 28.7 Å². The highest BCUT2D eigenvalue weighted by molar-refractivity contribution is 5.75. The number of allylic oxidation sites excluding steroid dienone is 1. The van der Waals surface area contributed by atoms with Gasteiger partial charge in [-0.15, -0.1) is 0 Å². The van der Waals surface area contributed by atoms with Crippen molar-refractivity contribution in [2.24, 2.45) is 11.3 Å². The van der Waals surface area contributed by atoms with E-state index in [4.69, 9.17) is 24.7 Å². The quantitative estimate of drug-likeness (QED) is 0.150. The summed E-state index contributed by atoms with van der Waals surface area (Å²) in [5, 5.41) is 46.1. The summed E-state index contributed by atoms with van der Waals surface area (Å²) < 4.78 is 23.7. The molecule has 0 bridgehead atoms. The Labute approximate surface area is 291 Å². The Hall–Kier alpha value is -4.52. The predicted octanol–water partition coefficient (Wildman–Crippen LogP) is 4.87. The van der Waals surface area contributed by atoms with Crippen LogP contribution in [0.3, 0.4) is 0 Å². The van der Waals surface area contributed by atoms with Gasteiger partial charge in [-0.25, -0.2) is 4.98 Å². The van der Waals surface area contributed by atoms with Crippen LogP contribution < -0.4 is 25.3 Å². The van der Waals surface area contributed by atoms with Crippen LogP contribution in [0, 0.1) is 11.3 Å². The summed E-state index contributed by atoms with van der Waals surface area (Å²) in [6.07, 6.45) is 7.55. The summed E-state index contributed by atoms with van der Waals surface area (Å²) in [4.78, 5) is 16.9. The van der Waals surface area contributed by atoms with Gasteiger partial charge in [-0.2, -0.15) is 0 Å². The van der Waals surface area contributed by atoms with Gasteiger partial charge in [-0.3, -0.25) is 4.79 Å². The molecule has 1 aliphatic carbocycles. The second kappa shape index (κ2) is 14.8. The van der Waals surface area contributed by atoms with Gasteiger partial charge in [0.1, 0.15) is 12.4 Å². The van der Waals surface area contributed by atoms with Gasteiger partial charge in [-0.05, 0) is 92.1 Å². The number of aliphatic carboxylic acids is 1. The van der Waals surface area contributed by atoms with E-state index < -0.39 is 35.6 Å². The highest BCUT2D eigenvalue weighted by atomic mass is 16.5. The van der Waals surface area contributed by atoms with Gasteiger partial charge in [0.15, 0.2) is 23.0 Å². The number of nitrogens with one attached hydrogen (secondary N) is 1. The fraction of sp³-hybridized carbons (Fsp3) is 0.474. The number of rotatable bonds is 11. The Kier molecular flexibility index (Phi) is 10.4. The molecule has 3 aromatic rings. The Balaban J connectivity index is 1.24. The third-order valence-corrected chi connectivity index (χ3v) is 10.7. The zero-order chi connectivity index (χ0) is 35.6. The summed E-state index contributed by atoms with van der Waals surface area (Å²) >= 11 is 0. The molecule has 7 N–H and O–H groups in total. The molecule has 8 atom stereocenters. The van der Waals surface area contributed by atoms with Crippen molar-refractivity contribution in [1.29, 1.82) is 0 Å². The maximum absolute atomic E-state index is 12.7. The molecule has 2 saturated heterocycles. The monoisotopic (exact) mass is 689 g/mol. The Bertz CT molecular complexity index is 1720. The second-order valence-corrected chi connectivity index (χ2v) is 13.8. The predicted molar refractivity (Wildman–Crippen MR) is 186 cm³/mol. The number of hydrogen-bond acceptors (Lipinski definition) is 11. The second-order valence-electron chi connectivity index (χ2n) is 13.8. The minimum atomic E-state index is -0.911. The van der Waals surface area contributed by atoms with Crippen molar-refractivity contribution < 1.29 is 44.2 Å². The number of nitrogens with zero attached hydrogens (tertiary/aromatic N) is 1. The molecule has 12 heteroatoms. The van der Waals surface area contributed by atoms with Gasteiger partial charge >= 0.3 is 5.97 Å². The molecule has 1 spiro atoms. The first kappa shape index (κ1) is 35.3. The number of aryl methyl sites for hydroxylation is 1. The highest BCUT2D eigenvalue weighted by Gasteiger charge is 2.57. The van der Waals surface area contributed by atoms with E-state index in [-0.39, 0.29) is 47.7 Å². The lowest BCUT2D eigenvalue weighted by Crippen LogP contribution is -2.60. The van der Waals surface area contributed by atoms with E-state index in [0.717, 1.165) is 17.5 Å². The summed E-state index contributed by atoms with van der Waals surface area (Å²) in [6, 6.07) is 12.0. The number of aliphatic hydroxyl groups excluding tert-OH is 1. The lowest BCUT2D eigenvalue weighted by molar-refractivity contribution is -0.146. The zero-order valence-corrected chi connectivity index (χ0v) is 28.6.